The quantitative estimate of drug-likeness (QED) is 0.840. The molecule has 146 valence electrons. The van der Waals surface area contributed by atoms with E-state index in [0.29, 0.717) is 18.7 Å². The topological polar surface area (TPSA) is 85.1 Å². The molecule has 9 heteroatoms. The number of hydrogen-bond donors (Lipinski definition) is 2. The summed E-state index contributed by atoms with van der Waals surface area (Å²) in [6, 6.07) is 2.59. The Kier molecular flexibility index (Phi) is 4.38. The number of nitrogens with zero attached hydrogens (tertiary/aromatic N) is 4. The maximum atomic E-state index is 13.9. The van der Waals surface area contributed by atoms with Gasteiger partial charge in [-0.1, -0.05) is 0 Å². The second-order valence-electron chi connectivity index (χ2n) is 7.34. The summed E-state index contributed by atoms with van der Waals surface area (Å²) in [5.41, 5.74) is 0.107. The Balaban J connectivity index is 1.54. The van der Waals surface area contributed by atoms with Gasteiger partial charge >= 0.3 is 0 Å². The van der Waals surface area contributed by atoms with Crippen LogP contribution in [0.3, 0.4) is 0 Å². The second kappa shape index (κ2) is 6.63. The van der Waals surface area contributed by atoms with Crippen LogP contribution in [-0.4, -0.2) is 46.2 Å². The average molecular weight is 389 g/mol. The lowest BCUT2D eigenvalue weighted by atomic mass is 9.98. The van der Waals surface area contributed by atoms with Gasteiger partial charge in [0.2, 0.25) is 0 Å². The third kappa shape index (κ3) is 3.14. The fraction of sp³-hybridized carbons (Fsp3) is 0.421. The molecule has 2 saturated heterocycles. The van der Waals surface area contributed by atoms with E-state index in [1.165, 1.54) is 12.4 Å². The molecule has 1 aromatic heterocycles. The summed E-state index contributed by atoms with van der Waals surface area (Å²) in [7, 11) is 1.79. The number of benzene rings is 1. The number of anilines is 1. The van der Waals surface area contributed by atoms with Crippen molar-refractivity contribution in [3.8, 4) is 23.1 Å². The minimum Gasteiger partial charge on any atom is -0.507 e. The number of fused-ring (bicyclic) bond motifs is 2. The van der Waals surface area contributed by atoms with Gasteiger partial charge in [-0.05, 0) is 18.9 Å². The van der Waals surface area contributed by atoms with E-state index in [1.54, 1.807) is 13.1 Å². The van der Waals surface area contributed by atoms with Gasteiger partial charge in [-0.3, -0.25) is 4.98 Å². The smallest absolute Gasteiger partial charge is 0.264 e. The van der Waals surface area contributed by atoms with Crippen LogP contribution < -0.4 is 10.2 Å². The monoisotopic (exact) mass is 389 g/mol. The molecule has 3 atom stereocenters. The largest absolute Gasteiger partial charge is 0.507 e. The van der Waals surface area contributed by atoms with Gasteiger partial charge in [-0.25, -0.2) is 18.2 Å². The highest BCUT2D eigenvalue weighted by Gasteiger charge is 2.53. The van der Waals surface area contributed by atoms with Crippen LogP contribution >= 0.6 is 0 Å². The Labute approximate surface area is 159 Å². The van der Waals surface area contributed by atoms with E-state index in [1.807, 2.05) is 4.90 Å². The van der Waals surface area contributed by atoms with Crippen molar-refractivity contribution >= 4 is 5.82 Å². The summed E-state index contributed by atoms with van der Waals surface area (Å²) < 4.78 is 41.7. The van der Waals surface area contributed by atoms with Crippen molar-refractivity contribution in [1.82, 2.24) is 15.3 Å². The number of piperidine rings is 1. The fourth-order valence-electron chi connectivity index (χ4n) is 4.02. The predicted octanol–water partition coefficient (Wildman–Crippen LogP) is 2.82. The van der Waals surface area contributed by atoms with Crippen LogP contribution in [0, 0.1) is 17.1 Å². The molecule has 2 fully saturated rings. The molecule has 3 heterocycles. The van der Waals surface area contributed by atoms with Crippen molar-refractivity contribution in [2.75, 3.05) is 11.9 Å². The molecule has 2 aliphatic rings. The Morgan fingerprint density at radius 1 is 1.29 bits per heavy atom. The summed E-state index contributed by atoms with van der Waals surface area (Å²) in [5, 5.41) is 21.8. The van der Waals surface area contributed by atoms with Crippen LogP contribution in [0.5, 0.6) is 5.75 Å². The molecule has 0 aliphatic carbocycles. The Hall–Kier alpha value is -2.86. The minimum atomic E-state index is -2.69. The first-order valence-corrected chi connectivity index (χ1v) is 8.90. The summed E-state index contributed by atoms with van der Waals surface area (Å²) in [5.74, 6) is -3.21. The van der Waals surface area contributed by atoms with E-state index in [-0.39, 0.29) is 41.1 Å². The molecule has 0 saturated carbocycles. The van der Waals surface area contributed by atoms with E-state index in [4.69, 9.17) is 5.26 Å². The number of aromatic nitrogens is 2. The van der Waals surface area contributed by atoms with Gasteiger partial charge in [0.1, 0.15) is 23.5 Å². The summed E-state index contributed by atoms with van der Waals surface area (Å²) in [6.45, 7) is 0. The zero-order valence-corrected chi connectivity index (χ0v) is 15.0. The Morgan fingerprint density at radius 2 is 2.07 bits per heavy atom. The maximum absolute atomic E-state index is 13.9. The molecule has 1 aromatic carbocycles. The van der Waals surface area contributed by atoms with Crippen LogP contribution in [-0.2, 0) is 0 Å². The standard InChI is InChI=1S/C19H18F3N5O/c1-27(12-3-11-6-19(21,22)17(4-12)26-11)18-9-24-15(8-25-18)13-5-14(20)10(7-23)2-16(13)28/h2,5,8-9,11-12,17,26,28H,3-4,6H2,1H3/t11-,12+,17?/m1/s1. The van der Waals surface area contributed by atoms with Gasteiger partial charge in [0, 0.05) is 37.2 Å². The number of nitrogens with one attached hydrogen (secondary N) is 1. The van der Waals surface area contributed by atoms with Crippen molar-refractivity contribution in [2.45, 2.75) is 43.3 Å². The fourth-order valence-corrected chi connectivity index (χ4v) is 4.02. The van der Waals surface area contributed by atoms with Gasteiger partial charge in [-0.15, -0.1) is 0 Å². The summed E-state index contributed by atoms with van der Waals surface area (Å²) >= 11 is 0. The van der Waals surface area contributed by atoms with Crippen molar-refractivity contribution in [3.05, 3.63) is 35.9 Å². The highest BCUT2D eigenvalue weighted by Crippen LogP contribution is 2.40. The van der Waals surface area contributed by atoms with Gasteiger partial charge in [-0.2, -0.15) is 5.26 Å². The molecule has 0 amide bonds. The molecule has 0 spiro atoms. The van der Waals surface area contributed by atoms with Gasteiger partial charge in [0.25, 0.3) is 5.92 Å². The highest BCUT2D eigenvalue weighted by molar-refractivity contribution is 5.68. The van der Waals surface area contributed by atoms with E-state index < -0.39 is 17.8 Å². The zero-order chi connectivity index (χ0) is 20.1. The van der Waals surface area contributed by atoms with Gasteiger partial charge in [0.05, 0.1) is 29.7 Å². The lowest BCUT2D eigenvalue weighted by molar-refractivity contribution is -0.0128. The normalized spacial score (nSPS) is 25.3. The van der Waals surface area contributed by atoms with Crippen LogP contribution in [0.2, 0.25) is 0 Å². The first-order valence-electron chi connectivity index (χ1n) is 8.90. The van der Waals surface area contributed by atoms with Gasteiger partial charge < -0.3 is 15.3 Å². The van der Waals surface area contributed by atoms with Crippen molar-refractivity contribution in [3.63, 3.8) is 0 Å². The molecular formula is C19H18F3N5O. The molecule has 2 N–H and O–H groups in total. The maximum Gasteiger partial charge on any atom is 0.264 e. The van der Waals surface area contributed by atoms with Crippen LogP contribution in [0.1, 0.15) is 24.8 Å². The summed E-state index contributed by atoms with van der Waals surface area (Å²) in [4.78, 5) is 10.4. The molecule has 2 bridgehead atoms. The Bertz CT molecular complexity index is 944. The van der Waals surface area contributed by atoms with Crippen LogP contribution in [0.25, 0.3) is 11.3 Å². The zero-order valence-electron chi connectivity index (χ0n) is 15.0. The van der Waals surface area contributed by atoms with Crippen LogP contribution in [0.15, 0.2) is 24.5 Å². The van der Waals surface area contributed by atoms with Crippen molar-refractivity contribution < 1.29 is 18.3 Å². The highest BCUT2D eigenvalue weighted by atomic mass is 19.3. The van der Waals surface area contributed by atoms with Gasteiger partial charge in [0.15, 0.2) is 0 Å². The average Bonchev–Trinajstić information content (AvgIpc) is 2.89. The molecule has 2 aromatic rings. The number of hydrogen-bond acceptors (Lipinski definition) is 6. The first-order chi connectivity index (χ1) is 13.3. The molecule has 28 heavy (non-hydrogen) atoms. The Morgan fingerprint density at radius 3 is 2.71 bits per heavy atom. The number of alkyl halides is 2. The molecule has 2 aliphatic heterocycles. The number of halogens is 3. The number of rotatable bonds is 3. The van der Waals surface area contributed by atoms with E-state index in [9.17, 15) is 18.3 Å². The van der Waals surface area contributed by atoms with E-state index in [2.05, 4.69) is 15.3 Å². The van der Waals surface area contributed by atoms with Crippen molar-refractivity contribution in [1.29, 1.82) is 5.26 Å². The SMILES string of the molecule is CN(c1cnc(-c2cc(F)c(C#N)cc2O)cn1)[C@@H]1CC2N[C@H](C1)CC2(F)F. The van der Waals surface area contributed by atoms with E-state index in [0.717, 1.165) is 12.1 Å². The molecular weight excluding hydrogens is 371 g/mol. The number of nitriles is 1. The number of aromatic hydroxyl groups is 1. The first kappa shape index (κ1) is 18.5. The molecule has 1 unspecified atom stereocenters. The van der Waals surface area contributed by atoms with Crippen molar-refractivity contribution in [2.24, 2.45) is 0 Å². The lowest BCUT2D eigenvalue weighted by Crippen LogP contribution is -2.49. The minimum absolute atomic E-state index is 0.0921. The second-order valence-corrected chi connectivity index (χ2v) is 7.34. The molecule has 0 radical (unpaired) electrons. The number of phenolic OH excluding ortho intramolecular Hbond substituents is 1. The number of phenols is 1. The van der Waals surface area contributed by atoms with Crippen LogP contribution in [0.4, 0.5) is 19.0 Å². The lowest BCUT2D eigenvalue weighted by Gasteiger charge is -2.36. The molecule has 6 nitrogen and oxygen atoms in total. The third-order valence-electron chi connectivity index (χ3n) is 5.56. The predicted molar refractivity (Wildman–Crippen MR) is 95.5 cm³/mol. The summed E-state index contributed by atoms with van der Waals surface area (Å²) in [6.07, 6.45) is 3.61. The third-order valence-corrected chi connectivity index (χ3v) is 5.56. The van der Waals surface area contributed by atoms with E-state index >= 15 is 0 Å². The molecule has 4 rings (SSSR count).